The molecule has 1 heterocycles. The van der Waals surface area contributed by atoms with Gasteiger partial charge in [-0.2, -0.15) is 0 Å². The summed E-state index contributed by atoms with van der Waals surface area (Å²) in [6, 6.07) is 1.99. The number of amides is 1. The first-order chi connectivity index (χ1) is 9.61. The topological polar surface area (TPSA) is 69.8 Å². The zero-order valence-electron chi connectivity index (χ0n) is 10.8. The highest BCUT2D eigenvalue weighted by Gasteiger charge is 2.14. The molecule has 0 spiro atoms. The molecule has 0 aliphatic heterocycles. The van der Waals surface area contributed by atoms with Crippen molar-refractivity contribution in [1.29, 1.82) is 0 Å². The van der Waals surface area contributed by atoms with Gasteiger partial charge in [-0.3, -0.25) is 4.79 Å². The molecule has 1 aromatic heterocycles. The molecule has 106 valence electrons. The summed E-state index contributed by atoms with van der Waals surface area (Å²) in [5, 5.41) is 4.97. The average Bonchev–Trinajstić information content (AvgIpc) is 2.91. The number of halogens is 2. The number of carbonyl (C=O) groups is 1. The summed E-state index contributed by atoms with van der Waals surface area (Å²) in [6.45, 7) is 0.323. The first-order valence-corrected chi connectivity index (χ1v) is 6.05. The molecule has 3 N–H and O–H groups in total. The molecule has 20 heavy (non-hydrogen) atoms. The second kappa shape index (κ2) is 6.14. The van der Waals surface area contributed by atoms with E-state index in [-0.39, 0.29) is 11.3 Å². The smallest absolute Gasteiger partial charge is 0.251 e. The van der Waals surface area contributed by atoms with Crippen molar-refractivity contribution < 1.29 is 13.6 Å². The summed E-state index contributed by atoms with van der Waals surface area (Å²) in [5.74, 6) is -1.41. The Bertz CT molecular complexity index is 575. The summed E-state index contributed by atoms with van der Waals surface area (Å²) in [7, 11) is 1.41. The zero-order chi connectivity index (χ0) is 14.5. The summed E-state index contributed by atoms with van der Waals surface area (Å²) in [6.07, 6.45) is 3.80. The Kier molecular flexibility index (Phi) is 4.29. The van der Waals surface area contributed by atoms with E-state index in [4.69, 9.17) is 0 Å². The third kappa shape index (κ3) is 3.11. The molecule has 0 unspecified atom stereocenters. The fourth-order valence-electron chi connectivity index (χ4n) is 1.77. The van der Waals surface area contributed by atoms with E-state index in [9.17, 15) is 13.6 Å². The molecule has 7 heteroatoms. The summed E-state index contributed by atoms with van der Waals surface area (Å²) in [5.41, 5.74) is -0.310. The van der Waals surface area contributed by atoms with Crippen LogP contribution >= 0.6 is 0 Å². The second-order valence-electron chi connectivity index (χ2n) is 4.11. The van der Waals surface area contributed by atoms with Crippen LogP contribution in [0.4, 0.5) is 14.5 Å². The van der Waals surface area contributed by atoms with Crippen LogP contribution in [0.15, 0.2) is 24.5 Å². The monoisotopic (exact) mass is 280 g/mol. The Balaban J connectivity index is 1.99. The Morgan fingerprint density at radius 3 is 2.60 bits per heavy atom. The summed E-state index contributed by atoms with van der Waals surface area (Å²) < 4.78 is 27.0. The van der Waals surface area contributed by atoms with E-state index < -0.39 is 17.5 Å². The maximum Gasteiger partial charge on any atom is 0.251 e. The van der Waals surface area contributed by atoms with Crippen LogP contribution < -0.4 is 10.6 Å². The van der Waals surface area contributed by atoms with Crippen molar-refractivity contribution in [3.05, 3.63) is 47.5 Å². The molecule has 0 atom stereocenters. The highest BCUT2D eigenvalue weighted by Crippen LogP contribution is 2.20. The van der Waals surface area contributed by atoms with Crippen molar-refractivity contribution in [2.75, 3.05) is 18.9 Å². The maximum absolute atomic E-state index is 13.5. The van der Waals surface area contributed by atoms with Crippen molar-refractivity contribution in [3.63, 3.8) is 0 Å². The molecule has 0 saturated carbocycles. The number of imidazole rings is 1. The fourth-order valence-corrected chi connectivity index (χ4v) is 1.77. The number of aromatic amines is 1. The Morgan fingerprint density at radius 1 is 1.35 bits per heavy atom. The highest BCUT2D eigenvalue weighted by molar-refractivity contribution is 5.94. The molecular formula is C13H14F2N4O. The van der Waals surface area contributed by atoms with Gasteiger partial charge < -0.3 is 15.6 Å². The van der Waals surface area contributed by atoms with E-state index >= 15 is 0 Å². The van der Waals surface area contributed by atoms with Gasteiger partial charge in [0.15, 0.2) is 0 Å². The van der Waals surface area contributed by atoms with E-state index in [0.717, 1.165) is 18.0 Å². The number of hydrogen-bond acceptors (Lipinski definition) is 3. The predicted molar refractivity (Wildman–Crippen MR) is 70.5 cm³/mol. The molecule has 0 radical (unpaired) electrons. The maximum atomic E-state index is 13.5. The minimum Gasteiger partial charge on any atom is -0.383 e. The molecule has 0 aliphatic rings. The van der Waals surface area contributed by atoms with Gasteiger partial charge in [0.05, 0.1) is 0 Å². The summed E-state index contributed by atoms with van der Waals surface area (Å²) >= 11 is 0. The lowest BCUT2D eigenvalue weighted by Gasteiger charge is -2.08. The third-order valence-electron chi connectivity index (χ3n) is 2.76. The number of aromatic nitrogens is 2. The van der Waals surface area contributed by atoms with Gasteiger partial charge in [-0.05, 0) is 12.1 Å². The SMILES string of the molecule is CNc1c(F)cc(C(=O)NCCc2ncc[nH]2)cc1F. The number of H-pyrrole nitrogens is 1. The summed E-state index contributed by atoms with van der Waals surface area (Å²) in [4.78, 5) is 18.7. The normalized spacial score (nSPS) is 10.3. The van der Waals surface area contributed by atoms with E-state index in [2.05, 4.69) is 20.6 Å². The van der Waals surface area contributed by atoms with E-state index in [1.165, 1.54) is 7.05 Å². The minimum atomic E-state index is -0.802. The van der Waals surface area contributed by atoms with Crippen molar-refractivity contribution in [3.8, 4) is 0 Å². The van der Waals surface area contributed by atoms with Gasteiger partial charge in [0.25, 0.3) is 5.91 Å². The first kappa shape index (κ1) is 14.0. The van der Waals surface area contributed by atoms with Gasteiger partial charge in [-0.15, -0.1) is 0 Å². The van der Waals surface area contributed by atoms with Gasteiger partial charge in [0, 0.05) is 38.0 Å². The van der Waals surface area contributed by atoms with Crippen LogP contribution in [0.5, 0.6) is 0 Å². The van der Waals surface area contributed by atoms with Crippen LogP contribution in [0.2, 0.25) is 0 Å². The lowest BCUT2D eigenvalue weighted by atomic mass is 10.1. The number of carbonyl (C=O) groups excluding carboxylic acids is 1. The first-order valence-electron chi connectivity index (χ1n) is 6.05. The van der Waals surface area contributed by atoms with Gasteiger partial charge in [0.1, 0.15) is 23.1 Å². The molecule has 0 fully saturated rings. The minimum absolute atomic E-state index is 0.0570. The Morgan fingerprint density at radius 2 is 2.05 bits per heavy atom. The largest absolute Gasteiger partial charge is 0.383 e. The molecule has 0 aliphatic carbocycles. The van der Waals surface area contributed by atoms with Crippen LogP contribution in [0.1, 0.15) is 16.2 Å². The van der Waals surface area contributed by atoms with Gasteiger partial charge in [-0.1, -0.05) is 0 Å². The van der Waals surface area contributed by atoms with Crippen molar-refractivity contribution >= 4 is 11.6 Å². The second-order valence-corrected chi connectivity index (χ2v) is 4.11. The predicted octanol–water partition coefficient (Wildman–Crippen LogP) is 1.70. The lowest BCUT2D eigenvalue weighted by molar-refractivity contribution is 0.0953. The molecular weight excluding hydrogens is 266 g/mol. The quantitative estimate of drug-likeness (QED) is 0.780. The van der Waals surface area contributed by atoms with Crippen LogP contribution in [0, 0.1) is 11.6 Å². The molecule has 1 aromatic carbocycles. The Labute approximate surface area is 114 Å². The van der Waals surface area contributed by atoms with Crippen molar-refractivity contribution in [1.82, 2.24) is 15.3 Å². The van der Waals surface area contributed by atoms with E-state index in [1.807, 2.05) is 0 Å². The number of anilines is 1. The molecule has 0 saturated heterocycles. The molecule has 2 rings (SSSR count). The van der Waals surface area contributed by atoms with Gasteiger partial charge in [0.2, 0.25) is 0 Å². The number of rotatable bonds is 5. The Hall–Kier alpha value is -2.44. The van der Waals surface area contributed by atoms with Crippen molar-refractivity contribution in [2.24, 2.45) is 0 Å². The van der Waals surface area contributed by atoms with Crippen LogP contribution in [-0.2, 0) is 6.42 Å². The number of benzene rings is 1. The van der Waals surface area contributed by atoms with Gasteiger partial charge in [-0.25, -0.2) is 13.8 Å². The van der Waals surface area contributed by atoms with Gasteiger partial charge >= 0.3 is 0 Å². The number of hydrogen-bond donors (Lipinski definition) is 3. The third-order valence-corrected chi connectivity index (χ3v) is 2.76. The number of nitrogens with one attached hydrogen (secondary N) is 3. The van der Waals surface area contributed by atoms with E-state index in [1.54, 1.807) is 12.4 Å². The van der Waals surface area contributed by atoms with Crippen LogP contribution in [0.3, 0.4) is 0 Å². The average molecular weight is 280 g/mol. The van der Waals surface area contributed by atoms with Crippen molar-refractivity contribution in [2.45, 2.75) is 6.42 Å². The van der Waals surface area contributed by atoms with E-state index in [0.29, 0.717) is 13.0 Å². The van der Waals surface area contributed by atoms with Crippen LogP contribution in [-0.4, -0.2) is 29.5 Å². The fraction of sp³-hybridized carbons (Fsp3) is 0.231. The molecule has 2 aromatic rings. The molecule has 5 nitrogen and oxygen atoms in total. The molecule has 1 amide bonds. The lowest BCUT2D eigenvalue weighted by Crippen LogP contribution is -2.26. The molecule has 0 bridgehead atoms. The van der Waals surface area contributed by atoms with Crippen LogP contribution in [0.25, 0.3) is 0 Å². The number of nitrogens with zero attached hydrogens (tertiary/aromatic N) is 1. The standard InChI is InChI=1S/C13H14F2N4O/c1-16-12-9(14)6-8(7-10(12)15)13(20)19-3-2-11-17-4-5-18-11/h4-7,16H,2-3H2,1H3,(H,17,18)(H,19,20). The highest BCUT2D eigenvalue weighted by atomic mass is 19.1. The zero-order valence-corrected chi connectivity index (χ0v) is 10.8.